The molecule has 8 heteroatoms. The summed E-state index contributed by atoms with van der Waals surface area (Å²) in [6.07, 6.45) is 2.37. The summed E-state index contributed by atoms with van der Waals surface area (Å²) in [5.41, 5.74) is 5.35. The number of thiophene rings is 1. The molecule has 0 aliphatic carbocycles. The molecule has 1 fully saturated rings. The number of piperidine rings is 1. The minimum atomic E-state index is -0.264. The number of guanidine groups is 1. The molecule has 2 rings (SSSR count). The van der Waals surface area contributed by atoms with Crippen molar-refractivity contribution in [2.75, 3.05) is 33.7 Å². The van der Waals surface area contributed by atoms with E-state index in [-0.39, 0.29) is 24.3 Å². The van der Waals surface area contributed by atoms with E-state index in [2.05, 4.69) is 21.3 Å². The van der Waals surface area contributed by atoms with Crippen molar-refractivity contribution in [1.29, 1.82) is 0 Å². The first kappa shape index (κ1) is 19.2. The quantitative estimate of drug-likeness (QED) is 0.578. The molecule has 7 nitrogen and oxygen atoms in total. The molecule has 0 radical (unpaired) electrons. The van der Waals surface area contributed by atoms with E-state index < -0.39 is 0 Å². The number of likely N-dealkylation sites (tertiary alicyclic amines) is 1. The highest BCUT2D eigenvalue weighted by Gasteiger charge is 2.24. The van der Waals surface area contributed by atoms with Crippen molar-refractivity contribution in [2.24, 2.45) is 16.6 Å². The Morgan fingerprint density at radius 1 is 1.48 bits per heavy atom. The molecule has 25 heavy (non-hydrogen) atoms. The molecule has 2 amide bonds. The van der Waals surface area contributed by atoms with Gasteiger partial charge in [0.25, 0.3) is 0 Å². The summed E-state index contributed by atoms with van der Waals surface area (Å²) in [6, 6.07) is 4.07. The van der Waals surface area contributed by atoms with Crippen molar-refractivity contribution in [2.45, 2.75) is 25.8 Å². The molecule has 0 bridgehead atoms. The van der Waals surface area contributed by atoms with Crippen molar-refractivity contribution in [3.05, 3.63) is 22.4 Å². The van der Waals surface area contributed by atoms with Crippen LogP contribution in [0.4, 0.5) is 0 Å². The van der Waals surface area contributed by atoms with Gasteiger partial charge in [0.05, 0.1) is 6.54 Å². The minimum absolute atomic E-state index is 0.0406. The Bertz CT molecular complexity index is 600. The lowest BCUT2D eigenvalue weighted by molar-refractivity contribution is -0.127. The van der Waals surface area contributed by atoms with Crippen molar-refractivity contribution < 1.29 is 9.59 Å². The number of likely N-dealkylation sites (N-methyl/N-ethyl adjacent to an activating group) is 1. The molecule has 2 heterocycles. The lowest BCUT2D eigenvalue weighted by Crippen LogP contribution is -2.47. The van der Waals surface area contributed by atoms with Gasteiger partial charge in [0.2, 0.25) is 11.8 Å². The first-order chi connectivity index (χ1) is 12.0. The van der Waals surface area contributed by atoms with E-state index in [9.17, 15) is 9.59 Å². The van der Waals surface area contributed by atoms with Gasteiger partial charge in [0, 0.05) is 38.5 Å². The number of aliphatic imine (C=N–C) groups is 1. The van der Waals surface area contributed by atoms with Crippen LogP contribution in [0.5, 0.6) is 0 Å². The van der Waals surface area contributed by atoms with Crippen LogP contribution in [-0.4, -0.2) is 61.3 Å². The molecule has 1 saturated heterocycles. The zero-order valence-corrected chi connectivity index (χ0v) is 15.7. The number of nitrogens with one attached hydrogen (secondary N) is 1. The summed E-state index contributed by atoms with van der Waals surface area (Å²) in [4.78, 5) is 32.5. The van der Waals surface area contributed by atoms with Gasteiger partial charge in [-0.3, -0.25) is 9.59 Å². The van der Waals surface area contributed by atoms with Crippen molar-refractivity contribution in [3.8, 4) is 0 Å². The number of hydrogen-bond acceptors (Lipinski definition) is 4. The Balaban J connectivity index is 2.04. The second-order valence-electron chi connectivity index (χ2n) is 6.49. The summed E-state index contributed by atoms with van der Waals surface area (Å²) in [7, 11) is 3.45. The summed E-state index contributed by atoms with van der Waals surface area (Å²) in [6.45, 7) is 2.37. The molecule has 0 aromatic carbocycles. The SMILES string of the molecule is CN(C)C(=O)CN=C(NCc1cccs1)N1CCCC(CC(N)=O)C1. The number of rotatable bonds is 6. The van der Waals surface area contributed by atoms with Crippen LogP contribution in [-0.2, 0) is 16.1 Å². The molecule has 3 N–H and O–H groups in total. The van der Waals surface area contributed by atoms with Crippen molar-refractivity contribution in [1.82, 2.24) is 15.1 Å². The fourth-order valence-corrected chi connectivity index (χ4v) is 3.48. The van der Waals surface area contributed by atoms with E-state index in [1.807, 2.05) is 11.4 Å². The second-order valence-corrected chi connectivity index (χ2v) is 7.52. The lowest BCUT2D eigenvalue weighted by atomic mass is 9.95. The molecule has 138 valence electrons. The van der Waals surface area contributed by atoms with E-state index in [0.717, 1.165) is 31.9 Å². The average Bonchev–Trinajstić information content (AvgIpc) is 3.07. The highest BCUT2D eigenvalue weighted by atomic mass is 32.1. The third kappa shape index (κ3) is 6.38. The fraction of sp³-hybridized carbons (Fsp3) is 0.588. The Morgan fingerprint density at radius 3 is 2.92 bits per heavy atom. The van der Waals surface area contributed by atoms with Crippen molar-refractivity contribution in [3.63, 3.8) is 0 Å². The normalized spacial score (nSPS) is 18.1. The van der Waals surface area contributed by atoms with Crippen LogP contribution in [0.2, 0.25) is 0 Å². The minimum Gasteiger partial charge on any atom is -0.370 e. The summed E-state index contributed by atoms with van der Waals surface area (Å²) < 4.78 is 0. The number of hydrogen-bond donors (Lipinski definition) is 2. The molecular weight excluding hydrogens is 338 g/mol. The Kier molecular flexibility index (Phi) is 7.24. The number of primary amides is 1. The van der Waals surface area contributed by atoms with Gasteiger partial charge in [-0.25, -0.2) is 4.99 Å². The highest BCUT2D eigenvalue weighted by Crippen LogP contribution is 2.19. The van der Waals surface area contributed by atoms with Gasteiger partial charge >= 0.3 is 0 Å². The van der Waals surface area contributed by atoms with Crippen LogP contribution in [0.25, 0.3) is 0 Å². The van der Waals surface area contributed by atoms with Crippen LogP contribution in [0.1, 0.15) is 24.1 Å². The fourth-order valence-electron chi connectivity index (χ4n) is 2.84. The smallest absolute Gasteiger partial charge is 0.243 e. The third-order valence-electron chi connectivity index (χ3n) is 4.17. The molecular formula is C17H27N5O2S. The Hall–Kier alpha value is -2.09. The zero-order chi connectivity index (χ0) is 18.2. The van der Waals surface area contributed by atoms with E-state index in [4.69, 9.17) is 5.73 Å². The third-order valence-corrected chi connectivity index (χ3v) is 5.05. The van der Waals surface area contributed by atoms with Crippen LogP contribution >= 0.6 is 11.3 Å². The molecule has 1 aliphatic heterocycles. The molecule has 1 aliphatic rings. The molecule has 1 aromatic heterocycles. The van der Waals surface area contributed by atoms with E-state index in [0.29, 0.717) is 13.0 Å². The first-order valence-corrected chi connectivity index (χ1v) is 9.37. The van der Waals surface area contributed by atoms with Crippen LogP contribution < -0.4 is 11.1 Å². The topological polar surface area (TPSA) is 91.0 Å². The van der Waals surface area contributed by atoms with E-state index >= 15 is 0 Å². The summed E-state index contributed by atoms with van der Waals surface area (Å²) in [5, 5.41) is 5.39. The first-order valence-electron chi connectivity index (χ1n) is 8.49. The molecule has 1 unspecified atom stereocenters. The number of carbonyl (C=O) groups excluding carboxylic acids is 2. The van der Waals surface area contributed by atoms with Crippen LogP contribution in [0.3, 0.4) is 0 Å². The monoisotopic (exact) mass is 365 g/mol. The highest BCUT2D eigenvalue weighted by molar-refractivity contribution is 7.09. The second kappa shape index (κ2) is 9.41. The van der Waals surface area contributed by atoms with Gasteiger partial charge in [-0.15, -0.1) is 11.3 Å². The molecule has 0 saturated carbocycles. The number of carbonyl (C=O) groups is 2. The maximum absolute atomic E-state index is 11.9. The summed E-state index contributed by atoms with van der Waals surface area (Å²) >= 11 is 1.68. The zero-order valence-electron chi connectivity index (χ0n) is 14.9. The largest absolute Gasteiger partial charge is 0.370 e. The molecule has 0 spiro atoms. The molecule has 1 atom stereocenters. The van der Waals surface area contributed by atoms with Gasteiger partial charge in [0.1, 0.15) is 6.54 Å². The predicted molar refractivity (Wildman–Crippen MR) is 100 cm³/mol. The van der Waals surface area contributed by atoms with Gasteiger partial charge in [0.15, 0.2) is 5.96 Å². The van der Waals surface area contributed by atoms with Gasteiger partial charge in [-0.05, 0) is 30.2 Å². The van der Waals surface area contributed by atoms with E-state index in [1.54, 1.807) is 25.4 Å². The van der Waals surface area contributed by atoms with E-state index in [1.165, 1.54) is 9.78 Å². The molecule has 1 aromatic rings. The van der Waals surface area contributed by atoms with Gasteiger partial charge in [-0.1, -0.05) is 6.07 Å². The van der Waals surface area contributed by atoms with Crippen LogP contribution in [0.15, 0.2) is 22.5 Å². The standard InChI is InChI=1S/C17H27N5O2S/c1-21(2)16(24)11-20-17(19-10-14-6-4-8-25-14)22-7-3-5-13(12-22)9-15(18)23/h4,6,8,13H,3,5,7,9-12H2,1-2H3,(H2,18,23)(H,19,20). The number of nitrogens with two attached hydrogens (primary N) is 1. The predicted octanol–water partition coefficient (Wildman–Crippen LogP) is 0.869. The van der Waals surface area contributed by atoms with Gasteiger partial charge < -0.3 is 20.9 Å². The Labute approximate surface area is 152 Å². The lowest BCUT2D eigenvalue weighted by Gasteiger charge is -2.34. The number of nitrogens with zero attached hydrogens (tertiary/aromatic N) is 3. The van der Waals surface area contributed by atoms with Crippen molar-refractivity contribution >= 4 is 29.1 Å². The van der Waals surface area contributed by atoms with Crippen LogP contribution in [0, 0.1) is 5.92 Å². The average molecular weight is 366 g/mol. The summed E-state index contributed by atoms with van der Waals surface area (Å²) in [5.74, 6) is 0.656. The maximum Gasteiger partial charge on any atom is 0.243 e. The number of amides is 2. The van der Waals surface area contributed by atoms with Gasteiger partial charge in [-0.2, -0.15) is 0 Å². The maximum atomic E-state index is 11.9. The Morgan fingerprint density at radius 2 is 2.28 bits per heavy atom.